The van der Waals surface area contributed by atoms with Gasteiger partial charge in [0.05, 0.1) is 11.0 Å². The Morgan fingerprint density at radius 1 is 1.38 bits per heavy atom. The molecule has 16 heavy (non-hydrogen) atoms. The quantitative estimate of drug-likeness (QED) is 0.564. The molecule has 6 nitrogen and oxygen atoms in total. The fourth-order valence-electron chi connectivity index (χ4n) is 1.11. The Hall–Kier alpha value is -1.21. The summed E-state index contributed by atoms with van der Waals surface area (Å²) in [5.74, 6) is -0.436. The highest BCUT2D eigenvalue weighted by Crippen LogP contribution is 2.03. The minimum atomic E-state index is -0.854. The first-order valence-corrected chi connectivity index (χ1v) is 5.26. The molecule has 0 aromatic heterocycles. The Bertz CT molecular complexity index is 295. The van der Waals surface area contributed by atoms with Crippen LogP contribution in [0.4, 0.5) is 4.79 Å². The van der Waals surface area contributed by atoms with Crippen LogP contribution in [0, 0.1) is 5.92 Å². The molecule has 0 saturated heterocycles. The van der Waals surface area contributed by atoms with Gasteiger partial charge in [0, 0.05) is 12.5 Å². The lowest BCUT2D eigenvalue weighted by molar-refractivity contribution is -0.124. The maximum atomic E-state index is 11.4. The molecular weight excluding hydrogens is 228 g/mol. The molecule has 0 aliphatic rings. The van der Waals surface area contributed by atoms with Crippen LogP contribution >= 0.6 is 12.2 Å². The molecule has 0 aliphatic heterocycles. The molecule has 0 fully saturated rings. The van der Waals surface area contributed by atoms with Crippen molar-refractivity contribution in [1.29, 1.82) is 0 Å². The fraction of sp³-hybridized carbons (Fsp3) is 0.667. The molecule has 2 unspecified atom stereocenters. The molecule has 0 aliphatic carbocycles. The molecule has 0 aromatic rings. The highest BCUT2D eigenvalue weighted by molar-refractivity contribution is 7.80. The monoisotopic (exact) mass is 246 g/mol. The topological polar surface area (TPSA) is 101 Å². The summed E-state index contributed by atoms with van der Waals surface area (Å²) in [6.45, 7) is 4.09. The fourth-order valence-corrected chi connectivity index (χ4v) is 1.18. The lowest BCUT2D eigenvalue weighted by atomic mass is 10.1. The smallest absolute Gasteiger partial charge is 0.318 e. The minimum absolute atomic E-state index is 0.00354. The number of imide groups is 1. The maximum Gasteiger partial charge on any atom is 0.318 e. The number of thiocarbonyl (C=S) groups is 1. The van der Waals surface area contributed by atoms with Gasteiger partial charge in [0.1, 0.15) is 0 Å². The van der Waals surface area contributed by atoms with E-state index in [2.05, 4.69) is 0 Å². The van der Waals surface area contributed by atoms with Crippen molar-refractivity contribution in [3.8, 4) is 0 Å². The van der Waals surface area contributed by atoms with Crippen LogP contribution in [0.25, 0.3) is 0 Å². The summed E-state index contributed by atoms with van der Waals surface area (Å²) in [4.78, 5) is 24.1. The molecule has 5 N–H and O–H groups in total. The first kappa shape index (κ1) is 14.8. The Balaban J connectivity index is 4.27. The van der Waals surface area contributed by atoms with Crippen molar-refractivity contribution in [2.75, 3.05) is 13.6 Å². The van der Waals surface area contributed by atoms with Crippen LogP contribution < -0.4 is 16.8 Å². The van der Waals surface area contributed by atoms with Crippen LogP contribution in [0.2, 0.25) is 0 Å². The largest absolute Gasteiger partial charge is 0.393 e. The lowest BCUT2D eigenvalue weighted by Gasteiger charge is -2.25. The van der Waals surface area contributed by atoms with Crippen molar-refractivity contribution >= 4 is 29.1 Å². The summed E-state index contributed by atoms with van der Waals surface area (Å²) >= 11 is 4.84. The van der Waals surface area contributed by atoms with Gasteiger partial charge in [-0.25, -0.2) is 4.79 Å². The van der Waals surface area contributed by atoms with E-state index in [1.54, 1.807) is 18.9 Å². The Morgan fingerprint density at radius 2 is 1.88 bits per heavy atom. The van der Waals surface area contributed by atoms with Gasteiger partial charge in [-0.3, -0.25) is 15.0 Å². The molecular formula is C9H18N4O2S. The zero-order valence-corrected chi connectivity index (χ0v) is 10.5. The van der Waals surface area contributed by atoms with Crippen LogP contribution in [-0.4, -0.2) is 41.5 Å². The molecule has 2 atom stereocenters. The summed E-state index contributed by atoms with van der Waals surface area (Å²) < 4.78 is 0. The number of primary amides is 1. The second kappa shape index (κ2) is 6.39. The number of carbonyl (C=O) groups is 2. The molecule has 92 valence electrons. The molecule has 0 heterocycles. The molecule has 0 radical (unpaired) electrons. The van der Waals surface area contributed by atoms with E-state index in [4.69, 9.17) is 23.7 Å². The van der Waals surface area contributed by atoms with E-state index in [1.807, 2.05) is 12.2 Å². The molecule has 0 saturated carbocycles. The van der Waals surface area contributed by atoms with Crippen LogP contribution in [0.15, 0.2) is 0 Å². The van der Waals surface area contributed by atoms with Gasteiger partial charge in [-0.1, -0.05) is 19.1 Å². The average molecular weight is 246 g/mol. The third-order valence-electron chi connectivity index (χ3n) is 2.33. The molecule has 0 rings (SSSR count). The third kappa shape index (κ3) is 5.04. The van der Waals surface area contributed by atoms with Gasteiger partial charge in [0.15, 0.2) is 0 Å². The average Bonchev–Trinajstić information content (AvgIpc) is 2.14. The molecule has 7 heteroatoms. The van der Waals surface area contributed by atoms with Crippen LogP contribution in [0.3, 0.4) is 0 Å². The van der Waals surface area contributed by atoms with E-state index in [0.29, 0.717) is 11.5 Å². The van der Waals surface area contributed by atoms with Crippen molar-refractivity contribution in [2.45, 2.75) is 19.9 Å². The summed E-state index contributed by atoms with van der Waals surface area (Å²) in [5, 5.41) is 2.02. The highest BCUT2D eigenvalue weighted by Gasteiger charge is 2.21. The number of amides is 3. The number of urea groups is 1. The zero-order valence-electron chi connectivity index (χ0n) is 9.69. The third-order valence-corrected chi connectivity index (χ3v) is 2.74. The number of rotatable bonds is 5. The normalized spacial score (nSPS) is 14.2. The SMILES string of the molecule is CC(CN(C)C(C)C(=O)NC(N)=O)C(N)=S. The predicted molar refractivity (Wildman–Crippen MR) is 65.8 cm³/mol. The molecule has 3 amide bonds. The summed E-state index contributed by atoms with van der Waals surface area (Å²) in [6.07, 6.45) is 0. The first-order chi connectivity index (χ1) is 7.25. The van der Waals surface area contributed by atoms with Crippen molar-refractivity contribution in [3.05, 3.63) is 0 Å². The Kier molecular flexibility index (Phi) is 5.91. The number of hydrogen-bond acceptors (Lipinski definition) is 4. The summed E-state index contributed by atoms with van der Waals surface area (Å²) in [5.41, 5.74) is 10.3. The van der Waals surface area contributed by atoms with Gasteiger partial charge in [-0.05, 0) is 14.0 Å². The zero-order chi connectivity index (χ0) is 12.9. The molecule has 0 spiro atoms. The predicted octanol–water partition coefficient (Wildman–Crippen LogP) is -0.576. The van der Waals surface area contributed by atoms with Gasteiger partial charge in [0.25, 0.3) is 0 Å². The van der Waals surface area contributed by atoms with Gasteiger partial charge in [-0.15, -0.1) is 0 Å². The van der Waals surface area contributed by atoms with Gasteiger partial charge in [-0.2, -0.15) is 0 Å². The summed E-state index contributed by atoms with van der Waals surface area (Å²) in [6, 6.07) is -1.32. The number of carbonyl (C=O) groups excluding carboxylic acids is 2. The van der Waals surface area contributed by atoms with Crippen molar-refractivity contribution in [1.82, 2.24) is 10.2 Å². The minimum Gasteiger partial charge on any atom is -0.393 e. The highest BCUT2D eigenvalue weighted by atomic mass is 32.1. The number of likely N-dealkylation sites (N-methyl/N-ethyl adjacent to an activating group) is 1. The van der Waals surface area contributed by atoms with E-state index in [0.717, 1.165) is 0 Å². The lowest BCUT2D eigenvalue weighted by Crippen LogP contribution is -2.48. The van der Waals surface area contributed by atoms with Crippen molar-refractivity contribution in [2.24, 2.45) is 17.4 Å². The van der Waals surface area contributed by atoms with Crippen molar-refractivity contribution < 1.29 is 9.59 Å². The second-order valence-electron chi connectivity index (χ2n) is 3.77. The van der Waals surface area contributed by atoms with E-state index in [9.17, 15) is 9.59 Å². The Morgan fingerprint density at radius 3 is 2.25 bits per heavy atom. The van der Waals surface area contributed by atoms with E-state index < -0.39 is 18.0 Å². The Labute approximate surface area is 100 Å². The number of nitrogens with two attached hydrogens (primary N) is 2. The summed E-state index contributed by atoms with van der Waals surface area (Å²) in [7, 11) is 1.75. The van der Waals surface area contributed by atoms with E-state index in [1.165, 1.54) is 0 Å². The molecule has 0 bridgehead atoms. The number of hydrogen-bond donors (Lipinski definition) is 3. The van der Waals surface area contributed by atoms with Gasteiger partial charge >= 0.3 is 6.03 Å². The van der Waals surface area contributed by atoms with Crippen molar-refractivity contribution in [3.63, 3.8) is 0 Å². The van der Waals surface area contributed by atoms with Crippen LogP contribution in [0.5, 0.6) is 0 Å². The molecule has 0 aromatic carbocycles. The van der Waals surface area contributed by atoms with Crippen LogP contribution in [-0.2, 0) is 4.79 Å². The van der Waals surface area contributed by atoms with Gasteiger partial charge in [0.2, 0.25) is 5.91 Å². The van der Waals surface area contributed by atoms with Gasteiger partial charge < -0.3 is 11.5 Å². The number of nitrogens with zero attached hydrogens (tertiary/aromatic N) is 1. The maximum absolute atomic E-state index is 11.4. The van der Waals surface area contributed by atoms with E-state index >= 15 is 0 Å². The second-order valence-corrected chi connectivity index (χ2v) is 4.24. The first-order valence-electron chi connectivity index (χ1n) is 4.85. The number of nitrogens with one attached hydrogen (secondary N) is 1. The van der Waals surface area contributed by atoms with E-state index in [-0.39, 0.29) is 5.92 Å². The van der Waals surface area contributed by atoms with Crippen LogP contribution in [0.1, 0.15) is 13.8 Å². The standard InChI is InChI=1S/C9H18N4O2S/c1-5(7(10)16)4-13(3)6(2)8(14)12-9(11)15/h5-6H,4H2,1-3H3,(H2,10,16)(H3,11,12,14,15).